The zero-order chi connectivity index (χ0) is 13.1. The number of Topliss-reactive ketones (excluding diaryl/α,β-unsaturated/α-hetero) is 1. The number of hydrogen-bond acceptors (Lipinski definition) is 5. The molecule has 0 radical (unpaired) electrons. The van der Waals surface area contributed by atoms with Crippen LogP contribution in [0.15, 0.2) is 18.2 Å². The Kier molecular flexibility index (Phi) is 4.27. The van der Waals surface area contributed by atoms with E-state index in [0.717, 1.165) is 22.3 Å². The van der Waals surface area contributed by atoms with Crippen LogP contribution < -0.4 is 11.1 Å². The van der Waals surface area contributed by atoms with Gasteiger partial charge in [0.1, 0.15) is 0 Å². The van der Waals surface area contributed by atoms with E-state index in [4.69, 9.17) is 17.3 Å². The first-order chi connectivity index (χ1) is 8.56. The molecule has 0 saturated carbocycles. The molecule has 2 rings (SSSR count). The summed E-state index contributed by atoms with van der Waals surface area (Å²) in [7, 11) is 0. The van der Waals surface area contributed by atoms with Crippen LogP contribution in [0.2, 0.25) is 4.34 Å². The van der Waals surface area contributed by atoms with Crippen LogP contribution in [0.4, 0.5) is 10.7 Å². The first-order valence-electron chi connectivity index (χ1n) is 5.44. The highest BCUT2D eigenvalue weighted by Gasteiger charge is 2.10. The summed E-state index contributed by atoms with van der Waals surface area (Å²) in [4.78, 5) is 13.1. The Morgan fingerprint density at radius 3 is 2.78 bits per heavy atom. The Hall–Kier alpha value is -1.04. The van der Waals surface area contributed by atoms with E-state index in [2.05, 4.69) is 5.32 Å². The Morgan fingerprint density at radius 1 is 1.44 bits per heavy atom. The van der Waals surface area contributed by atoms with Gasteiger partial charge in [-0.15, -0.1) is 22.7 Å². The zero-order valence-corrected chi connectivity index (χ0v) is 12.2. The van der Waals surface area contributed by atoms with Gasteiger partial charge in [0.15, 0.2) is 5.78 Å². The molecule has 0 aromatic carbocycles. The lowest BCUT2D eigenvalue weighted by Gasteiger charge is -2.00. The van der Waals surface area contributed by atoms with E-state index in [1.165, 1.54) is 23.1 Å². The molecule has 2 aromatic rings. The number of carbonyl (C=O) groups is 1. The minimum atomic E-state index is 0.00980. The zero-order valence-electron chi connectivity index (χ0n) is 9.83. The fourth-order valence-electron chi connectivity index (χ4n) is 1.56. The highest BCUT2D eigenvalue weighted by atomic mass is 35.5. The van der Waals surface area contributed by atoms with Crippen molar-refractivity contribution in [2.24, 2.45) is 0 Å². The number of nitrogens with one attached hydrogen (secondary N) is 1. The molecule has 3 N–H and O–H groups in total. The summed E-state index contributed by atoms with van der Waals surface area (Å²) >= 11 is 8.85. The lowest BCUT2D eigenvalue weighted by atomic mass is 10.3. The van der Waals surface area contributed by atoms with Crippen molar-refractivity contribution in [2.75, 3.05) is 17.6 Å². The van der Waals surface area contributed by atoms with Gasteiger partial charge in [-0.3, -0.25) is 4.79 Å². The molecule has 0 spiro atoms. The van der Waals surface area contributed by atoms with Gasteiger partial charge in [-0.25, -0.2) is 0 Å². The van der Waals surface area contributed by atoms with Crippen molar-refractivity contribution < 1.29 is 4.79 Å². The normalized spacial score (nSPS) is 10.6. The third-order valence-electron chi connectivity index (χ3n) is 2.38. The van der Waals surface area contributed by atoms with Crippen LogP contribution in [-0.2, 0) is 6.42 Å². The molecule has 2 heterocycles. The van der Waals surface area contributed by atoms with Crippen LogP contribution in [0.25, 0.3) is 0 Å². The van der Waals surface area contributed by atoms with E-state index in [1.54, 1.807) is 11.3 Å². The van der Waals surface area contributed by atoms with Crippen LogP contribution in [0.1, 0.15) is 21.5 Å². The maximum atomic E-state index is 11.3. The number of ketones is 1. The molecule has 2 aromatic heterocycles. The average molecular weight is 301 g/mol. The van der Waals surface area contributed by atoms with E-state index < -0.39 is 0 Å². The molecule has 0 saturated heterocycles. The first-order valence-corrected chi connectivity index (χ1v) is 7.45. The van der Waals surface area contributed by atoms with Gasteiger partial charge in [0, 0.05) is 18.3 Å². The molecule has 0 aliphatic carbocycles. The van der Waals surface area contributed by atoms with Crippen LogP contribution in [0, 0.1) is 0 Å². The van der Waals surface area contributed by atoms with E-state index in [1.807, 2.05) is 18.2 Å². The van der Waals surface area contributed by atoms with Gasteiger partial charge in [0.05, 0.1) is 19.9 Å². The topological polar surface area (TPSA) is 55.1 Å². The van der Waals surface area contributed by atoms with Crippen molar-refractivity contribution in [1.82, 2.24) is 0 Å². The Labute approximate surface area is 119 Å². The number of rotatable bonds is 5. The Bertz CT molecular complexity index is 562. The highest BCUT2D eigenvalue weighted by Crippen LogP contribution is 2.29. The van der Waals surface area contributed by atoms with Crippen LogP contribution in [0.3, 0.4) is 0 Å². The third-order valence-corrected chi connectivity index (χ3v) is 4.88. The van der Waals surface area contributed by atoms with E-state index in [0.29, 0.717) is 10.6 Å². The van der Waals surface area contributed by atoms with Gasteiger partial charge in [-0.05, 0) is 24.6 Å². The quantitative estimate of drug-likeness (QED) is 0.823. The average Bonchev–Trinajstić information content (AvgIpc) is 2.85. The molecule has 0 atom stereocenters. The summed E-state index contributed by atoms with van der Waals surface area (Å²) in [5.74, 6) is 0.00980. The number of halogens is 1. The van der Waals surface area contributed by atoms with Gasteiger partial charge in [0.25, 0.3) is 0 Å². The third kappa shape index (κ3) is 3.25. The van der Waals surface area contributed by atoms with Gasteiger partial charge in [0.2, 0.25) is 0 Å². The number of nitrogens with two attached hydrogens (primary N) is 1. The van der Waals surface area contributed by atoms with Crippen molar-refractivity contribution in [1.29, 1.82) is 0 Å². The molecule has 18 heavy (non-hydrogen) atoms. The van der Waals surface area contributed by atoms with E-state index >= 15 is 0 Å². The SMILES string of the molecule is CC(=O)c1sc(NCCc2ccc(Cl)s2)cc1N. The monoisotopic (exact) mass is 300 g/mol. The smallest absolute Gasteiger partial charge is 0.171 e. The summed E-state index contributed by atoms with van der Waals surface area (Å²) in [5, 5.41) is 4.20. The minimum absolute atomic E-state index is 0.00980. The highest BCUT2D eigenvalue weighted by molar-refractivity contribution is 7.18. The molecular weight excluding hydrogens is 288 g/mol. The predicted octanol–water partition coefficient (Wildman–Crippen LogP) is 3.90. The molecule has 0 bridgehead atoms. The Balaban J connectivity index is 1.90. The molecule has 0 unspecified atom stereocenters. The maximum Gasteiger partial charge on any atom is 0.171 e. The summed E-state index contributed by atoms with van der Waals surface area (Å²) in [5.41, 5.74) is 6.31. The summed E-state index contributed by atoms with van der Waals surface area (Å²) in [6.45, 7) is 2.33. The predicted molar refractivity (Wildman–Crippen MR) is 80.3 cm³/mol. The molecular formula is C12H13ClN2OS2. The molecule has 6 heteroatoms. The van der Waals surface area contributed by atoms with Crippen LogP contribution in [-0.4, -0.2) is 12.3 Å². The lowest BCUT2D eigenvalue weighted by molar-refractivity contribution is 0.102. The van der Waals surface area contributed by atoms with Gasteiger partial charge in [-0.1, -0.05) is 11.6 Å². The van der Waals surface area contributed by atoms with Crippen LogP contribution in [0.5, 0.6) is 0 Å². The number of thiophene rings is 2. The molecule has 0 amide bonds. The molecule has 96 valence electrons. The van der Waals surface area contributed by atoms with Crippen LogP contribution >= 0.6 is 34.3 Å². The summed E-state index contributed by atoms with van der Waals surface area (Å²) in [6, 6.07) is 5.74. The van der Waals surface area contributed by atoms with Crippen molar-refractivity contribution in [3.05, 3.63) is 32.3 Å². The number of anilines is 2. The fourth-order valence-corrected chi connectivity index (χ4v) is 3.55. The number of hydrogen-bond donors (Lipinski definition) is 2. The van der Waals surface area contributed by atoms with Gasteiger partial charge < -0.3 is 11.1 Å². The lowest BCUT2D eigenvalue weighted by Crippen LogP contribution is -2.02. The maximum absolute atomic E-state index is 11.3. The standard InChI is InChI=1S/C12H13ClN2OS2/c1-7(16)12-9(14)6-11(18-12)15-5-4-8-2-3-10(13)17-8/h2-3,6,15H,4-5,14H2,1H3. The van der Waals surface area contributed by atoms with Crippen molar-refractivity contribution in [3.8, 4) is 0 Å². The fraction of sp³-hybridized carbons (Fsp3) is 0.250. The largest absolute Gasteiger partial charge is 0.397 e. The second-order valence-corrected chi connectivity index (χ2v) is 6.69. The molecule has 3 nitrogen and oxygen atoms in total. The summed E-state index contributed by atoms with van der Waals surface area (Å²) in [6.07, 6.45) is 0.907. The van der Waals surface area contributed by atoms with E-state index in [-0.39, 0.29) is 5.78 Å². The van der Waals surface area contributed by atoms with Gasteiger partial charge >= 0.3 is 0 Å². The van der Waals surface area contributed by atoms with Crippen molar-refractivity contribution in [3.63, 3.8) is 0 Å². The van der Waals surface area contributed by atoms with Crippen molar-refractivity contribution in [2.45, 2.75) is 13.3 Å². The Morgan fingerprint density at radius 2 is 2.22 bits per heavy atom. The minimum Gasteiger partial charge on any atom is -0.397 e. The molecule has 0 aliphatic rings. The van der Waals surface area contributed by atoms with Crippen molar-refractivity contribution >= 4 is 50.7 Å². The molecule has 0 fully saturated rings. The second-order valence-electron chi connectivity index (χ2n) is 3.83. The molecule has 0 aliphatic heterocycles. The second kappa shape index (κ2) is 5.73. The van der Waals surface area contributed by atoms with Gasteiger partial charge in [-0.2, -0.15) is 0 Å². The first kappa shape index (κ1) is 13.4. The number of nitrogen functional groups attached to an aromatic ring is 1. The summed E-state index contributed by atoms with van der Waals surface area (Å²) < 4.78 is 0.809. The number of carbonyl (C=O) groups excluding carboxylic acids is 1. The van der Waals surface area contributed by atoms with E-state index in [9.17, 15) is 4.79 Å².